The van der Waals surface area contributed by atoms with Crippen molar-refractivity contribution in [3.05, 3.63) is 93.4 Å². The highest BCUT2D eigenvalue weighted by Gasteiger charge is 2.17. The Kier molecular flexibility index (Phi) is 6.54. The minimum Gasteiger partial charge on any atom is -0.497 e. The fourth-order valence-electron chi connectivity index (χ4n) is 2.77. The molecule has 0 spiro atoms. The van der Waals surface area contributed by atoms with Crippen molar-refractivity contribution < 1.29 is 9.53 Å². The molecule has 3 aromatic carbocycles. The van der Waals surface area contributed by atoms with Crippen LogP contribution < -0.4 is 10.1 Å². The van der Waals surface area contributed by atoms with Gasteiger partial charge in [-0.1, -0.05) is 39.7 Å². The van der Waals surface area contributed by atoms with E-state index in [9.17, 15) is 4.79 Å². The molecule has 0 heterocycles. The van der Waals surface area contributed by atoms with E-state index in [-0.39, 0.29) is 11.8 Å². The summed E-state index contributed by atoms with van der Waals surface area (Å²) in [6, 6.07) is 22.5. The van der Waals surface area contributed by atoms with Gasteiger partial charge in [0.05, 0.1) is 13.2 Å². The van der Waals surface area contributed by atoms with Gasteiger partial charge in [0.1, 0.15) is 5.75 Å². The topological polar surface area (TPSA) is 38.3 Å². The SMILES string of the molecule is COc1ccc(C(=O)CC(Nc2ccc(Br)cc2)c2ccc(Cl)cc2)cc1. The first-order chi connectivity index (χ1) is 13.0. The van der Waals surface area contributed by atoms with E-state index in [1.807, 2.05) is 48.5 Å². The molecule has 3 rings (SSSR count). The van der Waals surface area contributed by atoms with Gasteiger partial charge in [0.25, 0.3) is 0 Å². The van der Waals surface area contributed by atoms with Crippen molar-refractivity contribution in [2.45, 2.75) is 12.5 Å². The molecule has 0 aliphatic carbocycles. The number of carbonyl (C=O) groups is 1. The number of methoxy groups -OCH3 is 1. The van der Waals surface area contributed by atoms with Gasteiger partial charge < -0.3 is 10.1 Å². The fourth-order valence-corrected chi connectivity index (χ4v) is 3.17. The van der Waals surface area contributed by atoms with Crippen LogP contribution in [0.4, 0.5) is 5.69 Å². The number of Topliss-reactive ketones (excluding diaryl/α,β-unsaturated/α-hetero) is 1. The van der Waals surface area contributed by atoms with Crippen LogP contribution in [-0.2, 0) is 0 Å². The average Bonchev–Trinajstić information content (AvgIpc) is 2.70. The summed E-state index contributed by atoms with van der Waals surface area (Å²) in [6.45, 7) is 0. The van der Waals surface area contributed by atoms with E-state index < -0.39 is 0 Å². The predicted molar refractivity (Wildman–Crippen MR) is 114 cm³/mol. The fraction of sp³-hybridized carbons (Fsp3) is 0.136. The normalized spacial score (nSPS) is 11.7. The van der Waals surface area contributed by atoms with Crippen molar-refractivity contribution in [2.24, 2.45) is 0 Å². The highest BCUT2D eigenvalue weighted by atomic mass is 79.9. The first-order valence-corrected chi connectivity index (χ1v) is 9.67. The van der Waals surface area contributed by atoms with E-state index in [1.54, 1.807) is 31.4 Å². The summed E-state index contributed by atoms with van der Waals surface area (Å²) in [4.78, 5) is 12.8. The maximum Gasteiger partial charge on any atom is 0.165 e. The number of anilines is 1. The highest BCUT2D eigenvalue weighted by Crippen LogP contribution is 2.27. The Hall–Kier alpha value is -2.30. The largest absolute Gasteiger partial charge is 0.497 e. The van der Waals surface area contributed by atoms with E-state index in [1.165, 1.54) is 0 Å². The second-order valence-electron chi connectivity index (χ2n) is 6.11. The lowest BCUT2D eigenvalue weighted by atomic mass is 9.97. The second-order valence-corrected chi connectivity index (χ2v) is 7.46. The Morgan fingerprint density at radius 2 is 1.63 bits per heavy atom. The third kappa shape index (κ3) is 5.34. The van der Waals surface area contributed by atoms with Crippen LogP contribution in [0, 0.1) is 0 Å². The van der Waals surface area contributed by atoms with Crippen LogP contribution >= 0.6 is 27.5 Å². The van der Waals surface area contributed by atoms with Crippen LogP contribution in [0.1, 0.15) is 28.4 Å². The Morgan fingerprint density at radius 3 is 2.22 bits per heavy atom. The molecular formula is C22H19BrClNO2. The summed E-state index contributed by atoms with van der Waals surface area (Å²) >= 11 is 9.46. The van der Waals surface area contributed by atoms with Crippen molar-refractivity contribution in [1.82, 2.24) is 0 Å². The molecule has 0 saturated carbocycles. The summed E-state index contributed by atoms with van der Waals surface area (Å²) < 4.78 is 6.16. The zero-order chi connectivity index (χ0) is 19.2. The number of carbonyl (C=O) groups excluding carboxylic acids is 1. The van der Waals surface area contributed by atoms with Crippen LogP contribution in [0.25, 0.3) is 0 Å². The quantitative estimate of drug-likeness (QED) is 0.421. The monoisotopic (exact) mass is 443 g/mol. The number of halogens is 2. The highest BCUT2D eigenvalue weighted by molar-refractivity contribution is 9.10. The van der Waals surface area contributed by atoms with Gasteiger partial charge in [-0.3, -0.25) is 4.79 Å². The molecule has 0 aromatic heterocycles. The number of hydrogen-bond acceptors (Lipinski definition) is 3. The van der Waals surface area contributed by atoms with E-state index in [4.69, 9.17) is 16.3 Å². The summed E-state index contributed by atoms with van der Waals surface area (Å²) in [5.41, 5.74) is 2.61. The van der Waals surface area contributed by atoms with Crippen molar-refractivity contribution in [3.63, 3.8) is 0 Å². The molecule has 3 aromatic rings. The van der Waals surface area contributed by atoms with Gasteiger partial charge in [-0.2, -0.15) is 0 Å². The van der Waals surface area contributed by atoms with Crippen LogP contribution in [0.5, 0.6) is 5.75 Å². The summed E-state index contributed by atoms with van der Waals surface area (Å²) in [7, 11) is 1.61. The molecule has 0 aliphatic rings. The van der Waals surface area contributed by atoms with Gasteiger partial charge in [-0.25, -0.2) is 0 Å². The van der Waals surface area contributed by atoms with E-state index in [0.717, 1.165) is 21.5 Å². The molecule has 1 unspecified atom stereocenters. The minimum atomic E-state index is -0.168. The second kappa shape index (κ2) is 9.07. The third-order valence-electron chi connectivity index (χ3n) is 4.26. The average molecular weight is 445 g/mol. The Morgan fingerprint density at radius 1 is 1.00 bits per heavy atom. The zero-order valence-electron chi connectivity index (χ0n) is 14.8. The van der Waals surface area contributed by atoms with Crippen molar-refractivity contribution in [2.75, 3.05) is 12.4 Å². The van der Waals surface area contributed by atoms with Gasteiger partial charge >= 0.3 is 0 Å². The van der Waals surface area contributed by atoms with Gasteiger partial charge in [-0.05, 0) is 66.2 Å². The van der Waals surface area contributed by atoms with Crippen molar-refractivity contribution >= 4 is 39.0 Å². The molecular weight excluding hydrogens is 426 g/mol. The Balaban J connectivity index is 1.82. The van der Waals surface area contributed by atoms with E-state index in [2.05, 4.69) is 21.2 Å². The molecule has 1 N–H and O–H groups in total. The van der Waals surface area contributed by atoms with Crippen LogP contribution in [0.15, 0.2) is 77.3 Å². The lowest BCUT2D eigenvalue weighted by Crippen LogP contribution is -2.15. The minimum absolute atomic E-state index is 0.0576. The summed E-state index contributed by atoms with van der Waals surface area (Å²) in [5.74, 6) is 0.788. The molecule has 0 amide bonds. The van der Waals surface area contributed by atoms with Gasteiger partial charge in [-0.15, -0.1) is 0 Å². The number of rotatable bonds is 7. The number of ketones is 1. The van der Waals surface area contributed by atoms with E-state index >= 15 is 0 Å². The van der Waals surface area contributed by atoms with Gasteiger partial charge in [0.15, 0.2) is 5.78 Å². The van der Waals surface area contributed by atoms with Crippen LogP contribution in [0.2, 0.25) is 5.02 Å². The molecule has 3 nitrogen and oxygen atoms in total. The standard InChI is InChI=1S/C22H19BrClNO2/c1-27-20-12-4-16(5-13-20)22(26)14-21(15-2-8-18(24)9-3-15)25-19-10-6-17(23)7-11-19/h2-13,21,25H,14H2,1H3. The Labute approximate surface area is 172 Å². The smallest absolute Gasteiger partial charge is 0.165 e. The lowest BCUT2D eigenvalue weighted by Gasteiger charge is -2.20. The summed E-state index contributed by atoms with van der Waals surface area (Å²) in [6.07, 6.45) is 0.323. The van der Waals surface area contributed by atoms with Gasteiger partial charge in [0, 0.05) is 27.2 Å². The third-order valence-corrected chi connectivity index (χ3v) is 5.04. The predicted octanol–water partition coefficient (Wildman–Crippen LogP) is 6.54. The molecule has 0 saturated heterocycles. The van der Waals surface area contributed by atoms with Crippen molar-refractivity contribution in [1.29, 1.82) is 0 Å². The first-order valence-electron chi connectivity index (χ1n) is 8.50. The molecule has 138 valence electrons. The first kappa shape index (κ1) is 19.5. The number of nitrogens with one attached hydrogen (secondary N) is 1. The summed E-state index contributed by atoms with van der Waals surface area (Å²) in [5, 5.41) is 4.12. The lowest BCUT2D eigenvalue weighted by molar-refractivity contribution is 0.0976. The Bertz CT molecular complexity index is 893. The number of ether oxygens (including phenoxy) is 1. The molecule has 0 bridgehead atoms. The molecule has 0 aliphatic heterocycles. The van der Waals surface area contributed by atoms with Crippen molar-refractivity contribution in [3.8, 4) is 5.75 Å². The molecule has 27 heavy (non-hydrogen) atoms. The maximum absolute atomic E-state index is 12.8. The molecule has 0 radical (unpaired) electrons. The zero-order valence-corrected chi connectivity index (χ0v) is 17.1. The van der Waals surface area contributed by atoms with Crippen LogP contribution in [0.3, 0.4) is 0 Å². The molecule has 0 fully saturated rings. The van der Waals surface area contributed by atoms with Gasteiger partial charge in [0.2, 0.25) is 0 Å². The maximum atomic E-state index is 12.8. The van der Waals surface area contributed by atoms with Crippen LogP contribution in [-0.4, -0.2) is 12.9 Å². The molecule has 5 heteroatoms. The van der Waals surface area contributed by atoms with E-state index in [0.29, 0.717) is 17.0 Å². The number of hydrogen-bond donors (Lipinski definition) is 1. The number of benzene rings is 3. The molecule has 1 atom stereocenters.